The van der Waals surface area contributed by atoms with Crippen molar-refractivity contribution in [3.05, 3.63) is 76.8 Å². The van der Waals surface area contributed by atoms with Crippen molar-refractivity contribution in [2.75, 3.05) is 0 Å². The first-order valence-electron chi connectivity index (χ1n) is 6.24. The molecule has 0 aliphatic heterocycles. The first-order valence-corrected chi connectivity index (χ1v) is 6.99. The monoisotopic (exact) mass is 302 g/mol. The van der Waals surface area contributed by atoms with E-state index in [1.54, 1.807) is 12.5 Å². The predicted molar refractivity (Wildman–Crippen MR) is 83.2 cm³/mol. The molecular weight excluding hydrogens is 291 g/mol. The van der Waals surface area contributed by atoms with Gasteiger partial charge in [-0.3, -0.25) is 0 Å². The van der Waals surface area contributed by atoms with Crippen molar-refractivity contribution < 1.29 is 0 Å². The maximum atomic E-state index is 6.54. The summed E-state index contributed by atoms with van der Waals surface area (Å²) in [6.07, 6.45) is 5.45. The summed E-state index contributed by atoms with van der Waals surface area (Å²) in [5.41, 5.74) is 2.95. The van der Waals surface area contributed by atoms with Crippen LogP contribution >= 0.6 is 23.2 Å². The van der Waals surface area contributed by atoms with Crippen LogP contribution in [0.15, 0.2) is 61.2 Å². The number of benzene rings is 2. The van der Waals surface area contributed by atoms with Crippen molar-refractivity contribution in [3.8, 4) is 11.1 Å². The predicted octanol–water partition coefficient (Wildman–Crippen LogP) is 4.91. The number of hydrogen-bond donors (Lipinski definition) is 0. The van der Waals surface area contributed by atoms with E-state index in [2.05, 4.69) is 4.98 Å². The van der Waals surface area contributed by atoms with Crippen LogP contribution in [0.2, 0.25) is 10.0 Å². The van der Waals surface area contributed by atoms with Gasteiger partial charge in [0.05, 0.1) is 11.3 Å². The van der Waals surface area contributed by atoms with Crippen molar-refractivity contribution in [1.82, 2.24) is 9.55 Å². The van der Waals surface area contributed by atoms with E-state index in [0.717, 1.165) is 21.7 Å². The quantitative estimate of drug-likeness (QED) is 0.672. The van der Waals surface area contributed by atoms with Crippen LogP contribution in [0.4, 0.5) is 0 Å². The molecule has 0 radical (unpaired) electrons. The molecule has 0 saturated carbocycles. The number of halogens is 2. The molecule has 0 unspecified atom stereocenters. The summed E-state index contributed by atoms with van der Waals surface area (Å²) < 4.78 is 1.98. The molecule has 100 valence electrons. The van der Waals surface area contributed by atoms with Crippen LogP contribution in [0.5, 0.6) is 0 Å². The van der Waals surface area contributed by atoms with Crippen molar-refractivity contribution in [2.24, 2.45) is 0 Å². The largest absolute Gasteiger partial charge is 0.333 e. The summed E-state index contributed by atoms with van der Waals surface area (Å²) in [5, 5.41) is 1.43. The zero-order valence-electron chi connectivity index (χ0n) is 10.6. The number of hydrogen-bond acceptors (Lipinski definition) is 1. The first-order chi connectivity index (χ1) is 9.75. The molecule has 2 aromatic carbocycles. The highest BCUT2D eigenvalue weighted by atomic mass is 35.5. The molecule has 0 atom stereocenters. The standard InChI is InChI=1S/C16H12Cl2N2/c17-15-7-2-1-5-13(15)14-6-3-4-12(16(14)18)10-20-9-8-19-11-20/h1-9,11H,10H2. The van der Waals surface area contributed by atoms with E-state index in [-0.39, 0.29) is 0 Å². The Morgan fingerprint density at radius 2 is 1.75 bits per heavy atom. The van der Waals surface area contributed by atoms with Gasteiger partial charge in [0.2, 0.25) is 0 Å². The molecule has 0 fully saturated rings. The topological polar surface area (TPSA) is 17.8 Å². The van der Waals surface area contributed by atoms with Gasteiger partial charge in [-0.25, -0.2) is 4.98 Å². The van der Waals surface area contributed by atoms with Gasteiger partial charge >= 0.3 is 0 Å². The molecule has 0 N–H and O–H groups in total. The molecule has 0 bridgehead atoms. The highest BCUT2D eigenvalue weighted by Gasteiger charge is 2.10. The minimum Gasteiger partial charge on any atom is -0.333 e. The number of imidazole rings is 1. The Balaban J connectivity index is 2.04. The van der Waals surface area contributed by atoms with Crippen LogP contribution in [0.1, 0.15) is 5.56 Å². The minimum absolute atomic E-state index is 0.692. The average Bonchev–Trinajstić information content (AvgIpc) is 2.95. The Hall–Kier alpha value is -1.77. The molecule has 0 saturated heterocycles. The van der Waals surface area contributed by atoms with E-state index in [4.69, 9.17) is 23.2 Å². The summed E-state index contributed by atoms with van der Waals surface area (Å²) in [6.45, 7) is 0.692. The highest BCUT2D eigenvalue weighted by Crippen LogP contribution is 2.35. The zero-order valence-corrected chi connectivity index (χ0v) is 12.1. The van der Waals surface area contributed by atoms with Crippen molar-refractivity contribution in [3.63, 3.8) is 0 Å². The molecule has 3 rings (SSSR count). The van der Waals surface area contributed by atoms with E-state index >= 15 is 0 Å². The molecule has 3 aromatic rings. The van der Waals surface area contributed by atoms with E-state index in [0.29, 0.717) is 11.6 Å². The highest BCUT2D eigenvalue weighted by molar-refractivity contribution is 6.36. The molecule has 4 heteroatoms. The van der Waals surface area contributed by atoms with Gasteiger partial charge in [0.15, 0.2) is 0 Å². The molecule has 20 heavy (non-hydrogen) atoms. The Kier molecular flexibility index (Phi) is 3.77. The molecule has 1 heterocycles. The van der Waals surface area contributed by atoms with Gasteiger partial charge < -0.3 is 4.57 Å². The second-order valence-corrected chi connectivity index (χ2v) is 5.28. The Labute approximate surface area is 127 Å². The van der Waals surface area contributed by atoms with Crippen LogP contribution in [-0.2, 0) is 6.54 Å². The summed E-state index contributed by atoms with van der Waals surface area (Å²) in [5.74, 6) is 0. The van der Waals surface area contributed by atoms with E-state index in [9.17, 15) is 0 Å². The number of nitrogens with zero attached hydrogens (tertiary/aromatic N) is 2. The fraction of sp³-hybridized carbons (Fsp3) is 0.0625. The van der Waals surface area contributed by atoms with Gasteiger partial charge in [0.25, 0.3) is 0 Å². The summed E-state index contributed by atoms with van der Waals surface area (Å²) in [4.78, 5) is 4.04. The van der Waals surface area contributed by atoms with Gasteiger partial charge in [-0.05, 0) is 11.6 Å². The number of rotatable bonds is 3. The van der Waals surface area contributed by atoms with Crippen molar-refractivity contribution in [2.45, 2.75) is 6.54 Å². The molecule has 0 aliphatic carbocycles. The Morgan fingerprint density at radius 3 is 2.50 bits per heavy atom. The van der Waals surface area contributed by atoms with Crippen LogP contribution in [0, 0.1) is 0 Å². The Bertz CT molecular complexity index is 721. The third kappa shape index (κ3) is 2.58. The third-order valence-corrected chi connectivity index (χ3v) is 3.93. The Morgan fingerprint density at radius 1 is 0.950 bits per heavy atom. The second kappa shape index (κ2) is 5.70. The molecular formula is C16H12Cl2N2. The maximum absolute atomic E-state index is 6.54. The molecule has 0 aliphatic rings. The summed E-state index contributed by atoms with van der Waals surface area (Å²) in [7, 11) is 0. The van der Waals surface area contributed by atoms with Gasteiger partial charge in [-0.1, -0.05) is 59.6 Å². The van der Waals surface area contributed by atoms with Crippen LogP contribution in [0.25, 0.3) is 11.1 Å². The lowest BCUT2D eigenvalue weighted by Gasteiger charge is -2.11. The summed E-state index contributed by atoms with van der Waals surface area (Å²) >= 11 is 12.8. The normalized spacial score (nSPS) is 10.7. The smallest absolute Gasteiger partial charge is 0.0949 e. The first kappa shape index (κ1) is 13.2. The summed E-state index contributed by atoms with van der Waals surface area (Å²) in [6, 6.07) is 13.7. The molecule has 0 amide bonds. The van der Waals surface area contributed by atoms with Gasteiger partial charge in [-0.15, -0.1) is 0 Å². The van der Waals surface area contributed by atoms with Gasteiger partial charge in [-0.2, -0.15) is 0 Å². The van der Waals surface area contributed by atoms with E-state index in [1.807, 2.05) is 53.2 Å². The maximum Gasteiger partial charge on any atom is 0.0949 e. The zero-order chi connectivity index (χ0) is 13.9. The molecule has 0 spiro atoms. The van der Waals surface area contributed by atoms with Crippen molar-refractivity contribution in [1.29, 1.82) is 0 Å². The fourth-order valence-corrected chi connectivity index (χ4v) is 2.69. The second-order valence-electron chi connectivity index (χ2n) is 4.49. The lowest BCUT2D eigenvalue weighted by molar-refractivity contribution is 0.798. The molecule has 1 aromatic heterocycles. The van der Waals surface area contributed by atoms with Gasteiger partial charge in [0.1, 0.15) is 0 Å². The molecule has 2 nitrogen and oxygen atoms in total. The average molecular weight is 303 g/mol. The lowest BCUT2D eigenvalue weighted by atomic mass is 10.0. The minimum atomic E-state index is 0.692. The number of aromatic nitrogens is 2. The van der Waals surface area contributed by atoms with E-state index in [1.165, 1.54) is 0 Å². The van der Waals surface area contributed by atoms with Gasteiger partial charge in [0, 0.05) is 35.1 Å². The lowest BCUT2D eigenvalue weighted by Crippen LogP contribution is -1.98. The van der Waals surface area contributed by atoms with Crippen molar-refractivity contribution >= 4 is 23.2 Å². The third-order valence-electron chi connectivity index (χ3n) is 3.15. The SMILES string of the molecule is Clc1ccccc1-c1cccc(Cn2ccnc2)c1Cl. The van der Waals surface area contributed by atoms with Crippen LogP contribution in [-0.4, -0.2) is 9.55 Å². The van der Waals surface area contributed by atoms with E-state index < -0.39 is 0 Å². The van der Waals surface area contributed by atoms with Crippen LogP contribution in [0.3, 0.4) is 0 Å². The fourth-order valence-electron chi connectivity index (χ4n) is 2.17. The van der Waals surface area contributed by atoms with Crippen LogP contribution < -0.4 is 0 Å².